The number of nitrogens with one attached hydrogen (secondary N) is 2. The highest BCUT2D eigenvalue weighted by atomic mass is 19.1. The number of halogens is 2. The van der Waals surface area contributed by atoms with Crippen LogP contribution < -0.4 is 16.4 Å². The summed E-state index contributed by atoms with van der Waals surface area (Å²) in [5.74, 6) is -3.41. The fourth-order valence-corrected chi connectivity index (χ4v) is 2.19. The van der Waals surface area contributed by atoms with Gasteiger partial charge in [0.1, 0.15) is 11.6 Å². The third kappa shape index (κ3) is 3.30. The van der Waals surface area contributed by atoms with Crippen molar-refractivity contribution in [3.05, 3.63) is 29.3 Å². The molecule has 1 heterocycles. The molecule has 4 N–H and O–H groups in total. The molecule has 2 amide bonds. The largest absolute Gasteiger partial charge is 0.366 e. The minimum Gasteiger partial charge on any atom is -0.366 e. The van der Waals surface area contributed by atoms with Gasteiger partial charge in [0.25, 0.3) is 5.91 Å². The molecule has 7 heteroatoms. The second-order valence-corrected chi connectivity index (χ2v) is 4.72. The Morgan fingerprint density at radius 2 is 2.10 bits per heavy atom. The normalized spacial score (nSPS) is 18.0. The van der Waals surface area contributed by atoms with Crippen LogP contribution >= 0.6 is 0 Å². The van der Waals surface area contributed by atoms with Gasteiger partial charge in [-0.15, -0.1) is 0 Å². The lowest BCUT2D eigenvalue weighted by molar-refractivity contribution is -0.116. The molecule has 0 saturated carbocycles. The highest BCUT2D eigenvalue weighted by Crippen LogP contribution is 2.20. The molecule has 1 aromatic carbocycles. The third-order valence-electron chi connectivity index (χ3n) is 3.19. The first-order valence-corrected chi connectivity index (χ1v) is 6.29. The first-order valence-electron chi connectivity index (χ1n) is 6.29. The van der Waals surface area contributed by atoms with Crippen molar-refractivity contribution in [2.75, 3.05) is 11.9 Å². The molecular formula is C13H15F2N3O2. The molecule has 0 spiro atoms. The Balaban J connectivity index is 2.09. The van der Waals surface area contributed by atoms with Crippen LogP contribution in [-0.4, -0.2) is 24.4 Å². The van der Waals surface area contributed by atoms with Gasteiger partial charge in [0.2, 0.25) is 5.91 Å². The minimum absolute atomic E-state index is 0.0640. The Labute approximate surface area is 114 Å². The SMILES string of the molecule is NC(=O)c1cc(NC(=O)CC2CCCN2)c(F)cc1F. The maximum atomic E-state index is 13.5. The first-order chi connectivity index (χ1) is 9.47. The van der Waals surface area contributed by atoms with Gasteiger partial charge in [-0.25, -0.2) is 8.78 Å². The van der Waals surface area contributed by atoms with Gasteiger partial charge in [0, 0.05) is 18.5 Å². The summed E-state index contributed by atoms with van der Waals surface area (Å²) in [6, 6.07) is 1.50. The number of carbonyl (C=O) groups is 2. The summed E-state index contributed by atoms with van der Waals surface area (Å²) < 4.78 is 26.8. The Morgan fingerprint density at radius 3 is 2.70 bits per heavy atom. The van der Waals surface area contributed by atoms with E-state index in [-0.39, 0.29) is 18.2 Å². The predicted octanol–water partition coefficient (Wildman–Crippen LogP) is 1.14. The zero-order chi connectivity index (χ0) is 14.7. The number of nitrogens with two attached hydrogens (primary N) is 1. The maximum absolute atomic E-state index is 13.5. The average Bonchev–Trinajstić information content (AvgIpc) is 2.84. The van der Waals surface area contributed by atoms with Crippen LogP contribution in [0.1, 0.15) is 29.6 Å². The number of primary amides is 1. The van der Waals surface area contributed by atoms with Crippen molar-refractivity contribution in [3.8, 4) is 0 Å². The molecule has 1 aromatic rings. The number of anilines is 1. The Hall–Kier alpha value is -2.02. The van der Waals surface area contributed by atoms with E-state index in [1.54, 1.807) is 0 Å². The highest BCUT2D eigenvalue weighted by molar-refractivity contribution is 5.96. The van der Waals surface area contributed by atoms with E-state index in [0.717, 1.165) is 25.5 Å². The molecule has 1 fully saturated rings. The summed E-state index contributed by atoms with van der Waals surface area (Å²) in [6.07, 6.45) is 2.07. The quantitative estimate of drug-likeness (QED) is 0.775. The number of rotatable bonds is 4. The van der Waals surface area contributed by atoms with Gasteiger partial charge < -0.3 is 16.4 Å². The number of benzene rings is 1. The predicted molar refractivity (Wildman–Crippen MR) is 69.1 cm³/mol. The molecule has 2 rings (SSSR count). The van der Waals surface area contributed by atoms with Crippen molar-refractivity contribution in [2.45, 2.75) is 25.3 Å². The van der Waals surface area contributed by atoms with Crippen LogP contribution in [0.25, 0.3) is 0 Å². The summed E-state index contributed by atoms with van der Waals surface area (Å²) in [7, 11) is 0. The van der Waals surface area contributed by atoms with E-state index in [9.17, 15) is 18.4 Å². The van der Waals surface area contributed by atoms with Crippen LogP contribution in [-0.2, 0) is 4.79 Å². The van der Waals surface area contributed by atoms with Gasteiger partial charge in [-0.3, -0.25) is 9.59 Å². The third-order valence-corrected chi connectivity index (χ3v) is 3.19. The maximum Gasteiger partial charge on any atom is 0.251 e. The fourth-order valence-electron chi connectivity index (χ4n) is 2.19. The molecule has 0 bridgehead atoms. The Bertz CT molecular complexity index is 543. The second kappa shape index (κ2) is 5.96. The van der Waals surface area contributed by atoms with Crippen LogP contribution in [0.2, 0.25) is 0 Å². The molecule has 20 heavy (non-hydrogen) atoms. The van der Waals surface area contributed by atoms with Crippen molar-refractivity contribution in [1.82, 2.24) is 5.32 Å². The summed E-state index contributed by atoms with van der Waals surface area (Å²) in [4.78, 5) is 22.7. The van der Waals surface area contributed by atoms with Gasteiger partial charge in [-0.2, -0.15) is 0 Å². The van der Waals surface area contributed by atoms with Crippen LogP contribution in [0.5, 0.6) is 0 Å². The van der Waals surface area contributed by atoms with E-state index in [2.05, 4.69) is 10.6 Å². The lowest BCUT2D eigenvalue weighted by Crippen LogP contribution is -2.27. The van der Waals surface area contributed by atoms with Gasteiger partial charge >= 0.3 is 0 Å². The zero-order valence-corrected chi connectivity index (χ0v) is 10.7. The molecule has 1 aliphatic rings. The van der Waals surface area contributed by atoms with Gasteiger partial charge in [-0.05, 0) is 25.5 Å². The molecule has 1 unspecified atom stereocenters. The Kier molecular flexibility index (Phi) is 4.29. The Morgan fingerprint density at radius 1 is 1.35 bits per heavy atom. The molecule has 1 atom stereocenters. The summed E-state index contributed by atoms with van der Waals surface area (Å²) in [5, 5.41) is 5.47. The van der Waals surface area contributed by atoms with Crippen molar-refractivity contribution >= 4 is 17.5 Å². The van der Waals surface area contributed by atoms with Crippen LogP contribution in [0.4, 0.5) is 14.5 Å². The van der Waals surface area contributed by atoms with E-state index in [1.807, 2.05) is 0 Å². The molecule has 0 aliphatic carbocycles. The van der Waals surface area contributed by atoms with Crippen molar-refractivity contribution < 1.29 is 18.4 Å². The zero-order valence-electron chi connectivity index (χ0n) is 10.7. The molecule has 0 aromatic heterocycles. The summed E-state index contributed by atoms with van der Waals surface area (Å²) >= 11 is 0. The van der Waals surface area contributed by atoms with Crippen molar-refractivity contribution in [2.24, 2.45) is 5.73 Å². The number of amides is 2. The van der Waals surface area contributed by atoms with Crippen LogP contribution in [0.3, 0.4) is 0 Å². The molecule has 108 valence electrons. The van der Waals surface area contributed by atoms with Crippen LogP contribution in [0, 0.1) is 11.6 Å². The smallest absolute Gasteiger partial charge is 0.251 e. The van der Waals surface area contributed by atoms with Gasteiger partial charge in [-0.1, -0.05) is 0 Å². The van der Waals surface area contributed by atoms with E-state index in [0.29, 0.717) is 6.07 Å². The molecule has 0 radical (unpaired) electrons. The fraction of sp³-hybridized carbons (Fsp3) is 0.385. The van der Waals surface area contributed by atoms with E-state index < -0.39 is 29.0 Å². The molecular weight excluding hydrogens is 268 g/mol. The van der Waals surface area contributed by atoms with E-state index in [4.69, 9.17) is 5.73 Å². The van der Waals surface area contributed by atoms with Crippen molar-refractivity contribution in [3.63, 3.8) is 0 Å². The first kappa shape index (κ1) is 14.4. The minimum atomic E-state index is -1.05. The van der Waals surface area contributed by atoms with Crippen molar-refractivity contribution in [1.29, 1.82) is 0 Å². The molecule has 1 aliphatic heterocycles. The van der Waals surface area contributed by atoms with Gasteiger partial charge in [0.05, 0.1) is 11.3 Å². The molecule has 1 saturated heterocycles. The standard InChI is InChI=1S/C13H15F2N3O2/c14-9-6-10(15)11(5-8(9)13(16)20)18-12(19)4-7-2-1-3-17-7/h5-7,17H,1-4H2,(H2,16,20)(H,18,19). The monoisotopic (exact) mass is 283 g/mol. The molecule has 5 nitrogen and oxygen atoms in total. The van der Waals surface area contributed by atoms with Gasteiger partial charge in [0.15, 0.2) is 0 Å². The lowest BCUT2D eigenvalue weighted by atomic mass is 10.1. The topological polar surface area (TPSA) is 84.2 Å². The average molecular weight is 283 g/mol. The summed E-state index contributed by atoms with van der Waals surface area (Å²) in [5.41, 5.74) is 4.27. The lowest BCUT2D eigenvalue weighted by Gasteiger charge is -2.12. The second-order valence-electron chi connectivity index (χ2n) is 4.72. The number of carbonyl (C=O) groups excluding carboxylic acids is 2. The highest BCUT2D eigenvalue weighted by Gasteiger charge is 2.20. The van der Waals surface area contributed by atoms with E-state index >= 15 is 0 Å². The number of hydrogen-bond donors (Lipinski definition) is 3. The van der Waals surface area contributed by atoms with E-state index in [1.165, 1.54) is 0 Å². The summed E-state index contributed by atoms with van der Waals surface area (Å²) in [6.45, 7) is 0.856. The van der Waals surface area contributed by atoms with Crippen LogP contribution in [0.15, 0.2) is 12.1 Å². The number of hydrogen-bond acceptors (Lipinski definition) is 3.